The Morgan fingerprint density at radius 2 is 2.03 bits per heavy atom. The lowest BCUT2D eigenvalue weighted by molar-refractivity contribution is -0.115. The smallest absolute Gasteiger partial charge is 0.237 e. The van der Waals surface area contributed by atoms with Gasteiger partial charge in [0.15, 0.2) is 11.0 Å². The van der Waals surface area contributed by atoms with Gasteiger partial charge in [0, 0.05) is 6.54 Å². The van der Waals surface area contributed by atoms with Crippen LogP contribution >= 0.6 is 35.0 Å². The van der Waals surface area contributed by atoms with Gasteiger partial charge in [-0.1, -0.05) is 59.2 Å². The van der Waals surface area contributed by atoms with Crippen molar-refractivity contribution >= 4 is 46.6 Å². The molecular weight excluding hydrogens is 443 g/mol. The molecule has 3 aromatic rings. The average molecular weight is 463 g/mol. The lowest BCUT2D eigenvalue weighted by atomic mass is 10.2. The van der Waals surface area contributed by atoms with Crippen LogP contribution in [0, 0.1) is 0 Å². The van der Waals surface area contributed by atoms with Crippen molar-refractivity contribution in [2.24, 2.45) is 0 Å². The van der Waals surface area contributed by atoms with Crippen LogP contribution in [0.5, 0.6) is 5.75 Å². The van der Waals surface area contributed by atoms with E-state index < -0.39 is 5.25 Å². The number of amides is 1. The number of allylic oxidation sites excluding steroid dienone is 1. The van der Waals surface area contributed by atoms with E-state index in [-0.39, 0.29) is 5.91 Å². The van der Waals surface area contributed by atoms with Gasteiger partial charge in [0.25, 0.3) is 0 Å². The monoisotopic (exact) mass is 462 g/mol. The molecule has 0 bridgehead atoms. The second kappa shape index (κ2) is 10.0. The van der Waals surface area contributed by atoms with Crippen molar-refractivity contribution in [1.82, 2.24) is 14.8 Å². The highest BCUT2D eigenvalue weighted by molar-refractivity contribution is 8.00. The minimum atomic E-state index is -0.460. The standard InChI is InChI=1S/C21H20Cl2N4O2S/c1-4-12-27-19(14-8-5-6-11-17(14)29-3)25-26-21(27)30-13(2)20(28)24-16-10-7-9-15(22)18(16)23/h4-11,13H,1,12H2,2-3H3,(H,24,28). The van der Waals surface area contributed by atoms with Gasteiger partial charge in [0.2, 0.25) is 5.91 Å². The fourth-order valence-electron chi connectivity index (χ4n) is 2.74. The Morgan fingerprint density at radius 3 is 2.77 bits per heavy atom. The lowest BCUT2D eigenvalue weighted by Gasteiger charge is -2.14. The first-order valence-electron chi connectivity index (χ1n) is 9.05. The molecule has 156 valence electrons. The number of hydrogen-bond acceptors (Lipinski definition) is 5. The summed E-state index contributed by atoms with van der Waals surface area (Å²) in [6, 6.07) is 12.6. The van der Waals surface area contributed by atoms with E-state index in [2.05, 4.69) is 22.1 Å². The number of thioether (sulfide) groups is 1. The fourth-order valence-corrected chi connectivity index (χ4v) is 3.95. The molecule has 1 N–H and O–H groups in total. The number of benzene rings is 2. The maximum Gasteiger partial charge on any atom is 0.237 e. The van der Waals surface area contributed by atoms with E-state index in [0.29, 0.717) is 39.0 Å². The number of rotatable bonds is 8. The highest BCUT2D eigenvalue weighted by Crippen LogP contribution is 2.33. The first-order valence-corrected chi connectivity index (χ1v) is 10.7. The van der Waals surface area contributed by atoms with Crippen molar-refractivity contribution < 1.29 is 9.53 Å². The first kappa shape index (κ1) is 22.2. The summed E-state index contributed by atoms with van der Waals surface area (Å²) >= 11 is 13.5. The minimum Gasteiger partial charge on any atom is -0.496 e. The molecule has 1 heterocycles. The first-order chi connectivity index (χ1) is 14.5. The van der Waals surface area contributed by atoms with Crippen LogP contribution in [0.4, 0.5) is 5.69 Å². The summed E-state index contributed by atoms with van der Waals surface area (Å²) in [5, 5.41) is 12.2. The number of para-hydroxylation sites is 1. The van der Waals surface area contributed by atoms with Crippen LogP contribution in [0.25, 0.3) is 11.4 Å². The number of anilines is 1. The number of halogens is 2. The zero-order valence-corrected chi connectivity index (χ0v) is 18.8. The van der Waals surface area contributed by atoms with E-state index in [9.17, 15) is 4.79 Å². The summed E-state index contributed by atoms with van der Waals surface area (Å²) in [5.41, 5.74) is 1.27. The van der Waals surface area contributed by atoms with Gasteiger partial charge in [-0.2, -0.15) is 0 Å². The molecule has 0 aliphatic heterocycles. The van der Waals surface area contributed by atoms with E-state index in [4.69, 9.17) is 27.9 Å². The van der Waals surface area contributed by atoms with Gasteiger partial charge in [-0.15, -0.1) is 16.8 Å². The Kier molecular flexibility index (Phi) is 7.42. The normalized spacial score (nSPS) is 11.7. The van der Waals surface area contributed by atoms with Gasteiger partial charge in [0.1, 0.15) is 5.75 Å². The molecule has 0 saturated carbocycles. The minimum absolute atomic E-state index is 0.226. The average Bonchev–Trinajstić information content (AvgIpc) is 3.13. The van der Waals surface area contributed by atoms with Gasteiger partial charge >= 0.3 is 0 Å². The van der Waals surface area contributed by atoms with Crippen molar-refractivity contribution in [3.8, 4) is 17.1 Å². The zero-order valence-electron chi connectivity index (χ0n) is 16.4. The highest BCUT2D eigenvalue weighted by Gasteiger charge is 2.22. The predicted octanol–water partition coefficient (Wildman–Crippen LogP) is 5.57. The van der Waals surface area contributed by atoms with Gasteiger partial charge in [-0.25, -0.2) is 0 Å². The van der Waals surface area contributed by atoms with Crippen molar-refractivity contribution in [1.29, 1.82) is 0 Å². The van der Waals surface area contributed by atoms with Crippen LogP contribution in [0.3, 0.4) is 0 Å². The second-order valence-electron chi connectivity index (χ2n) is 6.26. The Balaban J connectivity index is 1.84. The Labute approximate surface area is 189 Å². The van der Waals surface area contributed by atoms with Gasteiger partial charge < -0.3 is 10.1 Å². The molecule has 0 fully saturated rings. The fraction of sp³-hybridized carbons (Fsp3) is 0.190. The SMILES string of the molecule is C=CCn1c(SC(C)C(=O)Nc2cccc(Cl)c2Cl)nnc1-c1ccccc1OC. The van der Waals surface area contributed by atoms with Crippen LogP contribution in [-0.2, 0) is 11.3 Å². The molecule has 0 radical (unpaired) electrons. The van der Waals surface area contributed by atoms with Gasteiger partial charge in [-0.05, 0) is 31.2 Å². The molecule has 0 spiro atoms. The third-order valence-electron chi connectivity index (χ3n) is 4.24. The molecule has 9 heteroatoms. The summed E-state index contributed by atoms with van der Waals surface area (Å²) in [6.07, 6.45) is 1.75. The largest absolute Gasteiger partial charge is 0.496 e. The molecule has 0 aliphatic rings. The van der Waals surface area contributed by atoms with Crippen LogP contribution in [-0.4, -0.2) is 33.0 Å². The molecular formula is C21H20Cl2N4O2S. The van der Waals surface area contributed by atoms with Crippen molar-refractivity contribution in [2.45, 2.75) is 23.9 Å². The van der Waals surface area contributed by atoms with Crippen molar-refractivity contribution in [2.75, 3.05) is 12.4 Å². The Bertz CT molecular complexity index is 1070. The molecule has 6 nitrogen and oxygen atoms in total. The summed E-state index contributed by atoms with van der Waals surface area (Å²) in [5.74, 6) is 1.10. The lowest BCUT2D eigenvalue weighted by Crippen LogP contribution is -2.23. The van der Waals surface area contributed by atoms with E-state index >= 15 is 0 Å². The molecule has 1 unspecified atom stereocenters. The van der Waals surface area contributed by atoms with E-state index in [0.717, 1.165) is 5.56 Å². The van der Waals surface area contributed by atoms with Crippen LogP contribution in [0.2, 0.25) is 10.0 Å². The summed E-state index contributed by atoms with van der Waals surface area (Å²) in [7, 11) is 1.61. The van der Waals surface area contributed by atoms with Crippen molar-refractivity contribution in [3.63, 3.8) is 0 Å². The van der Waals surface area contributed by atoms with Gasteiger partial charge in [0.05, 0.1) is 33.7 Å². The Morgan fingerprint density at radius 1 is 1.27 bits per heavy atom. The second-order valence-corrected chi connectivity index (χ2v) is 8.35. The maximum atomic E-state index is 12.7. The maximum absolute atomic E-state index is 12.7. The predicted molar refractivity (Wildman–Crippen MR) is 123 cm³/mol. The highest BCUT2D eigenvalue weighted by atomic mass is 35.5. The number of aromatic nitrogens is 3. The van der Waals surface area contributed by atoms with E-state index in [1.54, 1.807) is 38.3 Å². The number of nitrogens with zero attached hydrogens (tertiary/aromatic N) is 3. The molecule has 2 aromatic carbocycles. The van der Waals surface area contributed by atoms with E-state index in [1.807, 2.05) is 28.8 Å². The van der Waals surface area contributed by atoms with Crippen LogP contribution in [0.15, 0.2) is 60.3 Å². The van der Waals surface area contributed by atoms with E-state index in [1.165, 1.54) is 11.8 Å². The third-order valence-corrected chi connectivity index (χ3v) is 6.14. The number of nitrogens with one attached hydrogen (secondary N) is 1. The number of ether oxygens (including phenoxy) is 1. The van der Waals surface area contributed by atoms with Crippen molar-refractivity contribution in [3.05, 3.63) is 65.2 Å². The van der Waals surface area contributed by atoms with Crippen LogP contribution < -0.4 is 10.1 Å². The van der Waals surface area contributed by atoms with Crippen LogP contribution in [0.1, 0.15) is 6.92 Å². The molecule has 1 amide bonds. The summed E-state index contributed by atoms with van der Waals surface area (Å²) in [4.78, 5) is 12.7. The summed E-state index contributed by atoms with van der Waals surface area (Å²) in [6.45, 7) is 6.09. The molecule has 0 aliphatic carbocycles. The number of carbonyl (C=O) groups is 1. The molecule has 1 aromatic heterocycles. The summed E-state index contributed by atoms with van der Waals surface area (Å²) < 4.78 is 7.34. The molecule has 30 heavy (non-hydrogen) atoms. The Hall–Kier alpha value is -2.48. The number of methoxy groups -OCH3 is 1. The molecule has 3 rings (SSSR count). The topological polar surface area (TPSA) is 69.0 Å². The number of hydrogen-bond donors (Lipinski definition) is 1. The third kappa shape index (κ3) is 4.80. The van der Waals surface area contributed by atoms with Gasteiger partial charge in [-0.3, -0.25) is 9.36 Å². The molecule has 0 saturated heterocycles. The zero-order chi connectivity index (χ0) is 21.7. The molecule has 1 atom stereocenters. The number of carbonyl (C=O) groups excluding carboxylic acids is 1. The quantitative estimate of drug-likeness (QED) is 0.350.